The van der Waals surface area contributed by atoms with Crippen molar-refractivity contribution in [1.29, 1.82) is 0 Å². The third-order valence-corrected chi connectivity index (χ3v) is 8.25. The highest BCUT2D eigenvalue weighted by molar-refractivity contribution is 9.10. The summed E-state index contributed by atoms with van der Waals surface area (Å²) in [5.41, 5.74) is 2.92. The lowest BCUT2D eigenvalue weighted by molar-refractivity contribution is -0.123. The summed E-state index contributed by atoms with van der Waals surface area (Å²) in [7, 11) is -2.28. The van der Waals surface area contributed by atoms with E-state index in [1.807, 2.05) is 36.1 Å². The first-order valence-electron chi connectivity index (χ1n) is 10.1. The Morgan fingerprint density at radius 1 is 1.17 bits per heavy atom. The molecule has 160 valence electrons. The SMILES string of the molecule is COc1ccc(C)cc1S(=O)(=O)N1CCC[C@@H](C(=O)N2CCc3cc(Br)ccc32)C1. The fourth-order valence-corrected chi connectivity index (χ4v) is 6.48. The fraction of sp³-hybridized carbons (Fsp3) is 0.409. The van der Waals surface area contributed by atoms with Gasteiger partial charge in [0.2, 0.25) is 15.9 Å². The Kier molecular flexibility index (Phi) is 5.92. The lowest BCUT2D eigenvalue weighted by Crippen LogP contribution is -2.46. The van der Waals surface area contributed by atoms with E-state index in [0.29, 0.717) is 31.7 Å². The third-order valence-electron chi connectivity index (χ3n) is 5.87. The monoisotopic (exact) mass is 492 g/mol. The number of halogens is 1. The molecule has 2 aliphatic heterocycles. The van der Waals surface area contributed by atoms with Crippen molar-refractivity contribution in [2.75, 3.05) is 31.6 Å². The minimum Gasteiger partial charge on any atom is -0.495 e. The summed E-state index contributed by atoms with van der Waals surface area (Å²) < 4.78 is 34.5. The summed E-state index contributed by atoms with van der Waals surface area (Å²) in [6, 6.07) is 11.1. The molecule has 0 aromatic heterocycles. The number of nitrogens with zero attached hydrogens (tertiary/aromatic N) is 2. The third kappa shape index (κ3) is 3.88. The van der Waals surface area contributed by atoms with E-state index in [9.17, 15) is 13.2 Å². The van der Waals surface area contributed by atoms with Crippen LogP contribution in [-0.2, 0) is 21.2 Å². The van der Waals surface area contributed by atoms with Gasteiger partial charge in [0.1, 0.15) is 10.6 Å². The molecule has 4 rings (SSSR count). The van der Waals surface area contributed by atoms with Gasteiger partial charge in [-0.15, -0.1) is 0 Å². The van der Waals surface area contributed by atoms with E-state index in [2.05, 4.69) is 15.9 Å². The van der Waals surface area contributed by atoms with Crippen LogP contribution in [0.2, 0.25) is 0 Å². The molecular weight excluding hydrogens is 468 g/mol. The van der Waals surface area contributed by atoms with E-state index < -0.39 is 10.0 Å². The van der Waals surface area contributed by atoms with Gasteiger partial charge in [-0.3, -0.25) is 4.79 Å². The molecule has 0 saturated carbocycles. The van der Waals surface area contributed by atoms with Crippen molar-refractivity contribution in [3.63, 3.8) is 0 Å². The van der Waals surface area contributed by atoms with E-state index in [0.717, 1.165) is 27.7 Å². The molecule has 0 N–H and O–H groups in total. The summed E-state index contributed by atoms with van der Waals surface area (Å²) in [5, 5.41) is 0. The number of rotatable bonds is 4. The smallest absolute Gasteiger partial charge is 0.246 e. The Balaban J connectivity index is 1.57. The van der Waals surface area contributed by atoms with Crippen LogP contribution in [-0.4, -0.2) is 45.4 Å². The molecule has 0 bridgehead atoms. The molecule has 6 nitrogen and oxygen atoms in total. The van der Waals surface area contributed by atoms with Crippen molar-refractivity contribution in [1.82, 2.24) is 4.31 Å². The van der Waals surface area contributed by atoms with Gasteiger partial charge in [0, 0.05) is 29.8 Å². The average molecular weight is 493 g/mol. The van der Waals surface area contributed by atoms with Gasteiger partial charge in [-0.25, -0.2) is 8.42 Å². The summed E-state index contributed by atoms with van der Waals surface area (Å²) >= 11 is 3.48. The second-order valence-corrected chi connectivity index (χ2v) is 10.7. The maximum Gasteiger partial charge on any atom is 0.246 e. The Morgan fingerprint density at radius 2 is 1.97 bits per heavy atom. The second-order valence-electron chi connectivity index (χ2n) is 7.87. The lowest BCUT2D eigenvalue weighted by Gasteiger charge is -2.33. The fourth-order valence-electron chi connectivity index (χ4n) is 4.31. The maximum absolute atomic E-state index is 13.4. The molecule has 1 fully saturated rings. The van der Waals surface area contributed by atoms with Crippen LogP contribution < -0.4 is 9.64 Å². The first kappa shape index (κ1) is 21.3. The lowest BCUT2D eigenvalue weighted by atomic mass is 9.98. The molecule has 1 amide bonds. The summed E-state index contributed by atoms with van der Waals surface area (Å²) in [6.07, 6.45) is 2.17. The topological polar surface area (TPSA) is 66.9 Å². The summed E-state index contributed by atoms with van der Waals surface area (Å²) in [4.78, 5) is 15.3. The van der Waals surface area contributed by atoms with Gasteiger partial charge >= 0.3 is 0 Å². The van der Waals surface area contributed by atoms with Crippen LogP contribution in [0.4, 0.5) is 5.69 Å². The first-order valence-corrected chi connectivity index (χ1v) is 12.3. The molecule has 0 radical (unpaired) electrons. The first-order chi connectivity index (χ1) is 14.3. The van der Waals surface area contributed by atoms with Gasteiger partial charge < -0.3 is 9.64 Å². The zero-order chi connectivity index (χ0) is 21.5. The number of carbonyl (C=O) groups excluding carboxylic acids is 1. The Bertz CT molecular complexity index is 1090. The van der Waals surface area contributed by atoms with Gasteiger partial charge in [0.15, 0.2) is 0 Å². The van der Waals surface area contributed by atoms with Crippen LogP contribution in [0.5, 0.6) is 5.75 Å². The normalized spacial score (nSPS) is 19.6. The number of piperidine rings is 1. The molecule has 0 aliphatic carbocycles. The van der Waals surface area contributed by atoms with Crippen LogP contribution in [0.25, 0.3) is 0 Å². The molecule has 0 unspecified atom stereocenters. The highest BCUT2D eigenvalue weighted by Crippen LogP contribution is 2.34. The van der Waals surface area contributed by atoms with E-state index >= 15 is 0 Å². The molecule has 2 heterocycles. The van der Waals surface area contributed by atoms with Crippen LogP contribution in [0.3, 0.4) is 0 Å². The van der Waals surface area contributed by atoms with Crippen molar-refractivity contribution >= 4 is 37.5 Å². The zero-order valence-electron chi connectivity index (χ0n) is 17.1. The van der Waals surface area contributed by atoms with Gasteiger partial charge in [-0.2, -0.15) is 4.31 Å². The number of aryl methyl sites for hydroxylation is 1. The molecule has 1 atom stereocenters. The molecule has 2 aromatic carbocycles. The van der Waals surface area contributed by atoms with Crippen molar-refractivity contribution in [2.24, 2.45) is 5.92 Å². The molecule has 1 saturated heterocycles. The van der Waals surface area contributed by atoms with Crippen molar-refractivity contribution < 1.29 is 17.9 Å². The van der Waals surface area contributed by atoms with Crippen molar-refractivity contribution in [3.8, 4) is 5.75 Å². The van der Waals surface area contributed by atoms with Crippen LogP contribution in [0.15, 0.2) is 45.8 Å². The number of hydrogen-bond acceptors (Lipinski definition) is 4. The van der Waals surface area contributed by atoms with E-state index in [1.165, 1.54) is 11.4 Å². The van der Waals surface area contributed by atoms with Gasteiger partial charge in [-0.05, 0) is 67.6 Å². The minimum absolute atomic E-state index is 0.00665. The van der Waals surface area contributed by atoms with Gasteiger partial charge in [0.05, 0.1) is 13.0 Å². The zero-order valence-corrected chi connectivity index (χ0v) is 19.5. The second kappa shape index (κ2) is 8.32. The quantitative estimate of drug-likeness (QED) is 0.651. The number of ether oxygens (including phenoxy) is 1. The maximum atomic E-state index is 13.4. The number of anilines is 1. The molecule has 2 aromatic rings. The van der Waals surface area contributed by atoms with Crippen LogP contribution >= 0.6 is 15.9 Å². The largest absolute Gasteiger partial charge is 0.495 e. The molecule has 8 heteroatoms. The number of carbonyl (C=O) groups is 1. The molecule has 30 heavy (non-hydrogen) atoms. The standard InChI is InChI=1S/C22H25BrN2O4S/c1-15-5-8-20(29-2)21(12-15)30(27,28)24-10-3-4-17(14-24)22(26)25-11-9-16-13-18(23)6-7-19(16)25/h5-8,12-13,17H,3-4,9-11,14H2,1-2H3/t17-/m1/s1. The summed E-state index contributed by atoms with van der Waals surface area (Å²) in [6.45, 7) is 3.09. The van der Waals surface area contributed by atoms with Gasteiger partial charge in [0.25, 0.3) is 0 Å². The number of hydrogen-bond donors (Lipinski definition) is 0. The van der Waals surface area contributed by atoms with E-state index in [-0.39, 0.29) is 23.3 Å². The highest BCUT2D eigenvalue weighted by Gasteiger charge is 2.38. The van der Waals surface area contributed by atoms with Crippen LogP contribution in [0.1, 0.15) is 24.0 Å². The van der Waals surface area contributed by atoms with E-state index in [1.54, 1.807) is 12.1 Å². The molecule has 2 aliphatic rings. The van der Waals surface area contributed by atoms with Crippen molar-refractivity contribution in [2.45, 2.75) is 31.1 Å². The predicted octanol–water partition coefficient (Wildman–Crippen LogP) is 3.76. The Hall–Kier alpha value is -1.90. The highest BCUT2D eigenvalue weighted by atomic mass is 79.9. The van der Waals surface area contributed by atoms with E-state index in [4.69, 9.17) is 4.74 Å². The predicted molar refractivity (Wildman–Crippen MR) is 119 cm³/mol. The van der Waals surface area contributed by atoms with Gasteiger partial charge in [-0.1, -0.05) is 22.0 Å². The molecular formula is C22H25BrN2O4S. The summed E-state index contributed by atoms with van der Waals surface area (Å²) in [5.74, 6) is -0.0146. The average Bonchev–Trinajstić information content (AvgIpc) is 3.16. The van der Waals surface area contributed by atoms with Crippen molar-refractivity contribution in [3.05, 3.63) is 52.0 Å². The molecule has 0 spiro atoms. The number of fused-ring (bicyclic) bond motifs is 1. The number of sulfonamides is 1. The van der Waals surface area contributed by atoms with Crippen LogP contribution in [0, 0.1) is 12.8 Å². The Labute approximate surface area is 186 Å². The minimum atomic E-state index is -3.75. The number of benzene rings is 2. The Morgan fingerprint density at radius 3 is 2.73 bits per heavy atom. The number of methoxy groups -OCH3 is 1. The number of amides is 1.